The van der Waals surface area contributed by atoms with E-state index in [1.54, 1.807) is 19.4 Å². The Bertz CT molecular complexity index is 673. The molecule has 0 bridgehead atoms. The maximum absolute atomic E-state index is 12.7. The van der Waals surface area contributed by atoms with E-state index in [9.17, 15) is 4.79 Å². The van der Waals surface area contributed by atoms with E-state index in [0.717, 1.165) is 44.7 Å². The predicted molar refractivity (Wildman–Crippen MR) is 107 cm³/mol. The molecule has 2 N–H and O–H groups in total. The average molecular weight is 410 g/mol. The molecule has 28 heavy (non-hydrogen) atoms. The molecular weight excluding hydrogens is 382 g/mol. The molecule has 2 aliphatic heterocycles. The van der Waals surface area contributed by atoms with E-state index in [4.69, 9.17) is 20.5 Å². The lowest BCUT2D eigenvalue weighted by Crippen LogP contribution is -2.47. The van der Waals surface area contributed by atoms with E-state index in [-0.39, 0.29) is 36.5 Å². The number of nitriles is 1. The van der Waals surface area contributed by atoms with Gasteiger partial charge in [-0.3, -0.25) is 4.79 Å². The second-order valence-corrected chi connectivity index (χ2v) is 7.09. The summed E-state index contributed by atoms with van der Waals surface area (Å²) in [5.74, 6) is 0.961. The van der Waals surface area contributed by atoms with Crippen molar-refractivity contribution in [2.24, 2.45) is 5.73 Å². The third-order valence-electron chi connectivity index (χ3n) is 5.19. The highest BCUT2D eigenvalue weighted by molar-refractivity contribution is 5.85. The lowest BCUT2D eigenvalue weighted by atomic mass is 10.0. The molecule has 2 fully saturated rings. The maximum Gasteiger partial charge on any atom is 0.252 e. The molecule has 0 aromatic carbocycles. The topological polar surface area (TPSA) is 105 Å². The molecule has 2 atom stereocenters. The number of ether oxygens (including phenoxy) is 2. The van der Waals surface area contributed by atoms with Gasteiger partial charge in [-0.2, -0.15) is 5.26 Å². The monoisotopic (exact) mass is 409 g/mol. The zero-order valence-corrected chi connectivity index (χ0v) is 16.9. The first-order valence-corrected chi connectivity index (χ1v) is 9.40. The van der Waals surface area contributed by atoms with Crippen LogP contribution >= 0.6 is 12.4 Å². The van der Waals surface area contributed by atoms with E-state index < -0.39 is 0 Å². The molecule has 9 heteroatoms. The smallest absolute Gasteiger partial charge is 0.252 e. The summed E-state index contributed by atoms with van der Waals surface area (Å²) in [5.41, 5.74) is 6.43. The second kappa shape index (κ2) is 10.6. The quantitative estimate of drug-likeness (QED) is 0.714. The van der Waals surface area contributed by atoms with Crippen LogP contribution in [0.25, 0.3) is 0 Å². The summed E-state index contributed by atoms with van der Waals surface area (Å²) in [7, 11) is 1.60. The fraction of sp³-hybridized carbons (Fsp3) is 0.632. The number of pyridine rings is 1. The zero-order chi connectivity index (χ0) is 19.2. The van der Waals surface area contributed by atoms with Crippen molar-refractivity contribution in [3.8, 4) is 6.07 Å². The predicted octanol–water partition coefficient (Wildman–Crippen LogP) is 0.935. The number of anilines is 1. The first-order chi connectivity index (χ1) is 13.1. The number of methoxy groups -OCH3 is 1. The van der Waals surface area contributed by atoms with Crippen molar-refractivity contribution in [1.29, 1.82) is 5.26 Å². The van der Waals surface area contributed by atoms with Crippen LogP contribution in [0.3, 0.4) is 0 Å². The molecule has 0 radical (unpaired) electrons. The van der Waals surface area contributed by atoms with Gasteiger partial charge in [0.05, 0.1) is 24.8 Å². The van der Waals surface area contributed by atoms with E-state index in [1.165, 1.54) is 0 Å². The second-order valence-electron chi connectivity index (χ2n) is 7.09. The molecule has 0 spiro atoms. The Morgan fingerprint density at radius 3 is 2.64 bits per heavy atom. The van der Waals surface area contributed by atoms with Gasteiger partial charge in [-0.05, 0) is 25.0 Å². The summed E-state index contributed by atoms with van der Waals surface area (Å²) in [6, 6.07) is 5.79. The molecule has 2 aliphatic rings. The van der Waals surface area contributed by atoms with Crippen LogP contribution in [0.2, 0.25) is 0 Å². The summed E-state index contributed by atoms with van der Waals surface area (Å²) >= 11 is 0. The molecule has 1 unspecified atom stereocenters. The number of hydrogen-bond donors (Lipinski definition) is 1. The summed E-state index contributed by atoms with van der Waals surface area (Å²) in [4.78, 5) is 21.2. The van der Waals surface area contributed by atoms with Gasteiger partial charge in [-0.15, -0.1) is 12.4 Å². The minimum absolute atomic E-state index is 0. The van der Waals surface area contributed by atoms with Crippen LogP contribution < -0.4 is 10.6 Å². The van der Waals surface area contributed by atoms with Crippen LogP contribution in [0.4, 0.5) is 5.82 Å². The molecule has 1 aromatic rings. The Balaban J connectivity index is 0.00000280. The highest BCUT2D eigenvalue weighted by Crippen LogP contribution is 2.26. The van der Waals surface area contributed by atoms with Crippen molar-refractivity contribution >= 4 is 24.1 Å². The van der Waals surface area contributed by atoms with Crippen LogP contribution in [0.5, 0.6) is 0 Å². The lowest BCUT2D eigenvalue weighted by Gasteiger charge is -2.37. The molecular formula is C19H28ClN5O3. The molecule has 3 rings (SSSR count). The van der Waals surface area contributed by atoms with Crippen molar-refractivity contribution in [3.63, 3.8) is 0 Å². The number of piperidine rings is 1. The molecule has 1 amide bonds. The number of rotatable bonds is 7. The van der Waals surface area contributed by atoms with E-state index in [0.29, 0.717) is 18.8 Å². The molecule has 1 aromatic heterocycles. The van der Waals surface area contributed by atoms with Crippen LogP contribution in [0.15, 0.2) is 18.3 Å². The number of likely N-dealkylation sites (tertiary alicyclic amines) is 1. The van der Waals surface area contributed by atoms with Crippen LogP contribution in [0, 0.1) is 11.3 Å². The number of carbonyl (C=O) groups excluding carboxylic acids is 1. The standard InChI is InChI=1S/C19H27N5O3.ClH/c1-26-12-15(21)13-27-17-6-9-24(19(17)25)16-4-7-23(8-5-16)18-3-2-14(10-20)11-22-18;/h2-3,11,15-17H,4-9,12-13,21H2,1H3;1H/t15-,17?;/m0./s1. The van der Waals surface area contributed by atoms with Gasteiger partial charge < -0.3 is 25.0 Å². The summed E-state index contributed by atoms with van der Waals surface area (Å²) in [6.45, 7) is 3.19. The Kier molecular flexibility index (Phi) is 8.45. The first kappa shape index (κ1) is 22.4. The minimum Gasteiger partial charge on any atom is -0.383 e. The maximum atomic E-state index is 12.7. The van der Waals surface area contributed by atoms with Crippen molar-refractivity contribution < 1.29 is 14.3 Å². The van der Waals surface area contributed by atoms with Gasteiger partial charge in [-0.1, -0.05) is 0 Å². The minimum atomic E-state index is -0.383. The van der Waals surface area contributed by atoms with E-state index in [1.807, 2.05) is 11.0 Å². The van der Waals surface area contributed by atoms with Gasteiger partial charge in [0.15, 0.2) is 0 Å². The molecule has 2 saturated heterocycles. The number of carbonyl (C=O) groups is 1. The Labute approximate surface area is 172 Å². The Morgan fingerprint density at radius 2 is 2.04 bits per heavy atom. The van der Waals surface area contributed by atoms with E-state index >= 15 is 0 Å². The van der Waals surface area contributed by atoms with Crippen molar-refractivity contribution in [1.82, 2.24) is 9.88 Å². The Hall–Kier alpha value is -1.92. The van der Waals surface area contributed by atoms with Crippen LogP contribution in [-0.2, 0) is 14.3 Å². The summed E-state index contributed by atoms with van der Waals surface area (Å²) in [5, 5.41) is 8.87. The molecule has 8 nitrogen and oxygen atoms in total. The highest BCUT2D eigenvalue weighted by atomic mass is 35.5. The van der Waals surface area contributed by atoms with Crippen molar-refractivity contribution in [2.75, 3.05) is 44.9 Å². The Morgan fingerprint density at radius 1 is 1.29 bits per heavy atom. The fourth-order valence-electron chi connectivity index (χ4n) is 3.74. The van der Waals surface area contributed by atoms with Crippen LogP contribution in [0.1, 0.15) is 24.8 Å². The third kappa shape index (κ3) is 5.32. The van der Waals surface area contributed by atoms with Crippen LogP contribution in [-0.4, -0.2) is 73.9 Å². The molecule has 0 aliphatic carbocycles. The van der Waals surface area contributed by atoms with Gasteiger partial charge in [0.1, 0.15) is 18.0 Å². The van der Waals surface area contributed by atoms with Gasteiger partial charge >= 0.3 is 0 Å². The number of halogens is 1. The third-order valence-corrected chi connectivity index (χ3v) is 5.19. The SMILES string of the molecule is COC[C@H](N)COC1CCN(C2CCN(c3ccc(C#N)cn3)CC2)C1=O.Cl. The summed E-state index contributed by atoms with van der Waals surface area (Å²) < 4.78 is 10.7. The lowest BCUT2D eigenvalue weighted by molar-refractivity contribution is -0.139. The number of aromatic nitrogens is 1. The number of hydrogen-bond acceptors (Lipinski definition) is 7. The van der Waals surface area contributed by atoms with Gasteiger partial charge in [0.2, 0.25) is 0 Å². The number of nitrogens with zero attached hydrogens (tertiary/aromatic N) is 4. The number of nitrogens with two attached hydrogens (primary N) is 1. The highest BCUT2D eigenvalue weighted by Gasteiger charge is 2.38. The van der Waals surface area contributed by atoms with Gasteiger partial charge in [0, 0.05) is 45.4 Å². The summed E-state index contributed by atoms with van der Waals surface area (Å²) in [6.07, 6.45) is 3.75. The zero-order valence-electron chi connectivity index (χ0n) is 16.1. The molecule has 3 heterocycles. The largest absolute Gasteiger partial charge is 0.383 e. The van der Waals surface area contributed by atoms with Crippen molar-refractivity contribution in [3.05, 3.63) is 23.9 Å². The number of amides is 1. The normalized spacial score (nSPS) is 21.3. The van der Waals surface area contributed by atoms with Crippen molar-refractivity contribution in [2.45, 2.75) is 37.5 Å². The fourth-order valence-corrected chi connectivity index (χ4v) is 3.74. The molecule has 154 valence electrons. The van der Waals surface area contributed by atoms with Gasteiger partial charge in [-0.25, -0.2) is 4.98 Å². The first-order valence-electron chi connectivity index (χ1n) is 9.40. The van der Waals surface area contributed by atoms with Gasteiger partial charge in [0.25, 0.3) is 5.91 Å². The van der Waals surface area contributed by atoms with E-state index in [2.05, 4.69) is 16.0 Å². The average Bonchev–Trinajstić information content (AvgIpc) is 3.07. The molecule has 0 saturated carbocycles.